The van der Waals surface area contributed by atoms with Gasteiger partial charge in [-0.3, -0.25) is 14.1 Å². The van der Waals surface area contributed by atoms with E-state index in [2.05, 4.69) is 24.8 Å². The van der Waals surface area contributed by atoms with Gasteiger partial charge in [-0.2, -0.15) is 9.97 Å². The molecule has 0 fully saturated rings. The number of nitrogens with zero attached hydrogens (tertiary/aromatic N) is 6. The van der Waals surface area contributed by atoms with Crippen molar-refractivity contribution in [1.29, 1.82) is 0 Å². The molecule has 0 unspecified atom stereocenters. The van der Waals surface area contributed by atoms with Crippen LogP contribution in [0.5, 0.6) is 0 Å². The van der Waals surface area contributed by atoms with E-state index in [1.807, 2.05) is 38.4 Å². The Kier molecular flexibility index (Phi) is 6.50. The highest BCUT2D eigenvalue weighted by Gasteiger charge is 2.20. The fourth-order valence-corrected chi connectivity index (χ4v) is 4.07. The van der Waals surface area contributed by atoms with Gasteiger partial charge in [-0.15, -0.1) is 0 Å². The Bertz CT molecular complexity index is 1310. The lowest BCUT2D eigenvalue weighted by atomic mass is 10.1. The molecule has 4 heterocycles. The number of imidazole rings is 1. The zero-order valence-corrected chi connectivity index (χ0v) is 19.4. The van der Waals surface area contributed by atoms with Crippen LogP contribution < -0.4 is 16.7 Å². The monoisotopic (exact) mass is 474 g/mol. The Balaban J connectivity index is 1.62. The molecule has 32 heavy (non-hydrogen) atoms. The highest BCUT2D eigenvalue weighted by molar-refractivity contribution is 6.33. The molecule has 0 spiro atoms. The van der Waals surface area contributed by atoms with E-state index in [0.717, 1.165) is 24.2 Å². The average molecular weight is 475 g/mol. The Morgan fingerprint density at radius 2 is 1.78 bits per heavy atom. The summed E-state index contributed by atoms with van der Waals surface area (Å²) in [4.78, 5) is 26.2. The minimum Gasteiger partial charge on any atom is -0.368 e. The van der Waals surface area contributed by atoms with Crippen molar-refractivity contribution in [3.05, 3.63) is 68.2 Å². The van der Waals surface area contributed by atoms with Crippen molar-refractivity contribution in [3.8, 4) is 0 Å². The number of hydrogen-bond acceptors (Lipinski definition) is 6. The van der Waals surface area contributed by atoms with E-state index in [1.54, 1.807) is 10.8 Å². The first-order valence-corrected chi connectivity index (χ1v) is 11.0. The van der Waals surface area contributed by atoms with Crippen molar-refractivity contribution in [2.24, 2.45) is 0 Å². The van der Waals surface area contributed by atoms with Crippen LogP contribution in [0, 0.1) is 13.8 Å². The van der Waals surface area contributed by atoms with E-state index >= 15 is 0 Å². The van der Waals surface area contributed by atoms with E-state index < -0.39 is 0 Å². The maximum absolute atomic E-state index is 13.3. The molecule has 0 saturated heterocycles. The zero-order chi connectivity index (χ0) is 22.8. The van der Waals surface area contributed by atoms with Gasteiger partial charge >= 0.3 is 5.69 Å². The summed E-state index contributed by atoms with van der Waals surface area (Å²) in [5, 5.41) is 4.12. The maximum Gasteiger partial charge on any atom is 0.330 e. The normalized spacial score (nSPS) is 11.5. The van der Waals surface area contributed by atoms with Crippen LogP contribution in [0.1, 0.15) is 16.8 Å². The molecule has 11 heteroatoms. The molecule has 9 nitrogen and oxygen atoms in total. The van der Waals surface area contributed by atoms with Crippen LogP contribution >= 0.6 is 23.2 Å². The van der Waals surface area contributed by atoms with Gasteiger partial charge in [0.05, 0.1) is 12.2 Å². The van der Waals surface area contributed by atoms with Gasteiger partial charge < -0.3 is 15.6 Å². The van der Waals surface area contributed by atoms with Crippen molar-refractivity contribution in [2.75, 3.05) is 18.8 Å². The third kappa shape index (κ3) is 4.36. The van der Waals surface area contributed by atoms with Crippen molar-refractivity contribution < 1.29 is 0 Å². The van der Waals surface area contributed by atoms with Crippen LogP contribution in [0.4, 0.5) is 5.95 Å². The second-order valence-corrected chi connectivity index (χ2v) is 8.30. The molecular weight excluding hydrogens is 451 g/mol. The van der Waals surface area contributed by atoms with E-state index in [4.69, 9.17) is 28.9 Å². The van der Waals surface area contributed by atoms with E-state index in [0.29, 0.717) is 35.0 Å². The number of anilines is 1. The molecule has 0 aliphatic heterocycles. The van der Waals surface area contributed by atoms with Gasteiger partial charge in [0, 0.05) is 49.8 Å². The molecule has 0 atom stereocenters. The number of pyridine rings is 1. The van der Waals surface area contributed by atoms with Gasteiger partial charge in [-0.05, 0) is 37.1 Å². The van der Waals surface area contributed by atoms with Crippen LogP contribution in [0.2, 0.25) is 10.2 Å². The number of hydrogen-bond donors (Lipinski definition) is 2. The molecular formula is C21H24Cl2N8O. The van der Waals surface area contributed by atoms with Crippen molar-refractivity contribution in [2.45, 2.75) is 33.5 Å². The number of nitrogen functional groups attached to an aromatic ring is 1. The fourth-order valence-electron chi connectivity index (χ4n) is 3.64. The lowest BCUT2D eigenvalue weighted by Crippen LogP contribution is -2.30. The van der Waals surface area contributed by atoms with E-state index in [-0.39, 0.29) is 23.3 Å². The molecule has 4 aromatic rings. The van der Waals surface area contributed by atoms with Gasteiger partial charge in [0.15, 0.2) is 10.8 Å². The van der Waals surface area contributed by atoms with Crippen LogP contribution in [-0.4, -0.2) is 41.7 Å². The second kappa shape index (κ2) is 9.32. The Morgan fingerprint density at radius 3 is 2.53 bits per heavy atom. The predicted octanol–water partition coefficient (Wildman–Crippen LogP) is 2.63. The summed E-state index contributed by atoms with van der Waals surface area (Å²) in [6.45, 7) is 6.56. The number of aromatic nitrogens is 6. The van der Waals surface area contributed by atoms with Gasteiger partial charge in [0.2, 0.25) is 5.95 Å². The highest BCUT2D eigenvalue weighted by atomic mass is 35.5. The number of aryl methyl sites for hydroxylation is 1. The lowest BCUT2D eigenvalue weighted by Gasteiger charge is -2.09. The third-order valence-corrected chi connectivity index (χ3v) is 6.23. The number of fused-ring (bicyclic) bond motifs is 1. The van der Waals surface area contributed by atoms with Gasteiger partial charge in [0.25, 0.3) is 0 Å². The first kappa shape index (κ1) is 22.3. The van der Waals surface area contributed by atoms with Crippen molar-refractivity contribution >= 4 is 40.3 Å². The van der Waals surface area contributed by atoms with Crippen molar-refractivity contribution in [1.82, 2.24) is 34.0 Å². The fraction of sp³-hybridized carbons (Fsp3) is 0.333. The van der Waals surface area contributed by atoms with Crippen molar-refractivity contribution in [3.63, 3.8) is 0 Å². The molecule has 168 valence electrons. The SMILES string of the molecule is Cc1cnc(Cn2c(=O)n(CCNCCn3cccc3)c3c(Cl)nc(N)nc32)c(C)c1Cl. The molecule has 0 aliphatic carbocycles. The quantitative estimate of drug-likeness (QED) is 0.300. The van der Waals surface area contributed by atoms with Gasteiger partial charge in [0.1, 0.15) is 5.52 Å². The van der Waals surface area contributed by atoms with Crippen LogP contribution in [0.25, 0.3) is 11.2 Å². The van der Waals surface area contributed by atoms with E-state index in [9.17, 15) is 4.79 Å². The van der Waals surface area contributed by atoms with Gasteiger partial charge in [-0.25, -0.2) is 4.79 Å². The third-order valence-electron chi connectivity index (χ3n) is 5.38. The zero-order valence-electron chi connectivity index (χ0n) is 17.8. The highest BCUT2D eigenvalue weighted by Crippen LogP contribution is 2.24. The molecule has 0 bridgehead atoms. The van der Waals surface area contributed by atoms with Crippen LogP contribution in [0.3, 0.4) is 0 Å². The maximum atomic E-state index is 13.3. The summed E-state index contributed by atoms with van der Waals surface area (Å²) >= 11 is 12.8. The minimum absolute atomic E-state index is 0.00451. The summed E-state index contributed by atoms with van der Waals surface area (Å²) in [6.07, 6.45) is 5.71. The minimum atomic E-state index is -0.257. The number of rotatable bonds is 8. The summed E-state index contributed by atoms with van der Waals surface area (Å²) < 4.78 is 5.17. The molecule has 0 radical (unpaired) electrons. The van der Waals surface area contributed by atoms with Crippen LogP contribution in [0.15, 0.2) is 35.5 Å². The Labute approximate surface area is 194 Å². The molecule has 3 N–H and O–H groups in total. The molecule has 4 rings (SSSR count). The second-order valence-electron chi connectivity index (χ2n) is 7.56. The summed E-state index contributed by atoms with van der Waals surface area (Å²) in [5.41, 5.74) is 8.77. The molecule has 0 aromatic carbocycles. The Morgan fingerprint density at radius 1 is 1.06 bits per heavy atom. The molecule has 0 aliphatic rings. The molecule has 4 aromatic heterocycles. The Hall–Kier alpha value is -2.88. The topological polar surface area (TPSA) is 109 Å². The first-order valence-electron chi connectivity index (χ1n) is 10.2. The summed E-state index contributed by atoms with van der Waals surface area (Å²) in [5.74, 6) is 0.00451. The van der Waals surface area contributed by atoms with Gasteiger partial charge in [-0.1, -0.05) is 23.2 Å². The molecule has 0 amide bonds. The number of halogens is 2. The van der Waals surface area contributed by atoms with Crippen LogP contribution in [-0.2, 0) is 19.6 Å². The average Bonchev–Trinajstić information content (AvgIpc) is 3.36. The smallest absolute Gasteiger partial charge is 0.330 e. The summed E-state index contributed by atoms with van der Waals surface area (Å²) in [6, 6.07) is 3.97. The number of nitrogens with one attached hydrogen (secondary N) is 1. The standard InChI is InChI=1S/C21H24Cl2N8O/c1-13-11-26-15(14(2)16(13)22)12-31-19-17(18(23)27-20(24)28-19)30(21(31)32)10-6-25-5-9-29-7-3-4-8-29/h3-4,7-8,11,25H,5-6,9-10,12H2,1-2H3,(H2,24,27,28). The predicted molar refractivity (Wildman–Crippen MR) is 126 cm³/mol. The summed E-state index contributed by atoms with van der Waals surface area (Å²) in [7, 11) is 0. The lowest BCUT2D eigenvalue weighted by molar-refractivity contribution is 0.551. The number of nitrogens with two attached hydrogens (primary N) is 1. The van der Waals surface area contributed by atoms with E-state index in [1.165, 1.54) is 4.57 Å². The first-order chi connectivity index (χ1) is 15.4. The molecule has 0 saturated carbocycles. The largest absolute Gasteiger partial charge is 0.368 e.